The lowest BCUT2D eigenvalue weighted by Gasteiger charge is -2.18. The number of aliphatic hydroxyl groups is 1. The van der Waals surface area contributed by atoms with Crippen molar-refractivity contribution in [3.05, 3.63) is 47.9 Å². The summed E-state index contributed by atoms with van der Waals surface area (Å²) in [4.78, 5) is 23.5. The number of aromatic nitrogens is 2. The van der Waals surface area contributed by atoms with Gasteiger partial charge in [0.15, 0.2) is 5.82 Å². The summed E-state index contributed by atoms with van der Waals surface area (Å²) in [6.45, 7) is 0.741. The standard InChI is InChI=1S/C19H22N6O2/c1-21-16-7-17-22-13-4-2-3-11(6-13)5-12-9-25(10-15(12)26)19(27)14(8-20)18(23-16)24-17/h2-4,6-8,12,15,26H,5,9-10,20H2,1H3,(H2,21,22,23,24)/b14-8+. The molecule has 2 aromatic rings. The van der Waals surface area contributed by atoms with Gasteiger partial charge in [-0.15, -0.1) is 0 Å². The number of nitrogens with one attached hydrogen (secondary N) is 2. The van der Waals surface area contributed by atoms with Crippen LogP contribution in [0.4, 0.5) is 17.3 Å². The van der Waals surface area contributed by atoms with Gasteiger partial charge in [0.2, 0.25) is 0 Å². The summed E-state index contributed by atoms with van der Waals surface area (Å²) in [5.74, 6) is 1.07. The lowest BCUT2D eigenvalue weighted by molar-refractivity contribution is -0.124. The molecule has 1 fully saturated rings. The molecule has 3 heterocycles. The van der Waals surface area contributed by atoms with E-state index >= 15 is 0 Å². The van der Waals surface area contributed by atoms with Crippen LogP contribution in [0.15, 0.2) is 36.5 Å². The van der Waals surface area contributed by atoms with Gasteiger partial charge in [0.05, 0.1) is 11.7 Å². The zero-order valence-corrected chi connectivity index (χ0v) is 15.0. The molecule has 2 atom stereocenters. The van der Waals surface area contributed by atoms with Crippen molar-refractivity contribution in [2.75, 3.05) is 30.8 Å². The van der Waals surface area contributed by atoms with Crippen LogP contribution >= 0.6 is 0 Å². The van der Waals surface area contributed by atoms with Crippen LogP contribution in [0, 0.1) is 5.92 Å². The van der Waals surface area contributed by atoms with E-state index in [-0.39, 0.29) is 29.8 Å². The summed E-state index contributed by atoms with van der Waals surface area (Å²) in [5, 5.41) is 16.7. The highest BCUT2D eigenvalue weighted by atomic mass is 16.3. The Morgan fingerprint density at radius 3 is 2.96 bits per heavy atom. The maximum atomic E-state index is 13.0. The predicted molar refractivity (Wildman–Crippen MR) is 103 cm³/mol. The maximum Gasteiger partial charge on any atom is 0.259 e. The van der Waals surface area contributed by atoms with E-state index in [1.54, 1.807) is 18.0 Å². The molecule has 5 N–H and O–H groups in total. The third kappa shape index (κ3) is 3.31. The normalized spacial score (nSPS) is 23.3. The van der Waals surface area contributed by atoms with Gasteiger partial charge in [-0.3, -0.25) is 4.79 Å². The van der Waals surface area contributed by atoms with Gasteiger partial charge in [0, 0.05) is 44.0 Å². The van der Waals surface area contributed by atoms with Crippen LogP contribution in [0.2, 0.25) is 0 Å². The Kier molecular flexibility index (Phi) is 4.41. The number of hydrogen-bond acceptors (Lipinski definition) is 7. The van der Waals surface area contributed by atoms with Gasteiger partial charge < -0.3 is 26.4 Å². The van der Waals surface area contributed by atoms with Crippen LogP contribution < -0.4 is 16.4 Å². The van der Waals surface area contributed by atoms with E-state index in [1.165, 1.54) is 6.20 Å². The average molecular weight is 366 g/mol. The molecule has 27 heavy (non-hydrogen) atoms. The van der Waals surface area contributed by atoms with Crippen LogP contribution in [-0.4, -0.2) is 52.1 Å². The third-order valence-electron chi connectivity index (χ3n) is 5.01. The fraction of sp³-hybridized carbons (Fsp3) is 0.316. The summed E-state index contributed by atoms with van der Waals surface area (Å²) < 4.78 is 0. The average Bonchev–Trinajstić information content (AvgIpc) is 3.02. The summed E-state index contributed by atoms with van der Waals surface area (Å²) in [5.41, 5.74) is 7.96. The van der Waals surface area contributed by atoms with Crippen LogP contribution in [0.1, 0.15) is 11.4 Å². The fourth-order valence-electron chi connectivity index (χ4n) is 3.62. The highest BCUT2D eigenvalue weighted by Crippen LogP contribution is 2.28. The Hall–Kier alpha value is -3.13. The lowest BCUT2D eigenvalue weighted by Crippen LogP contribution is -2.31. The minimum Gasteiger partial charge on any atom is -0.404 e. The second kappa shape index (κ2) is 6.88. The first-order chi connectivity index (χ1) is 13.1. The topological polar surface area (TPSA) is 116 Å². The number of hydrogen-bond donors (Lipinski definition) is 4. The molecule has 4 rings (SSSR count). The summed E-state index contributed by atoms with van der Waals surface area (Å²) >= 11 is 0. The highest BCUT2D eigenvalue weighted by molar-refractivity contribution is 6.18. The highest BCUT2D eigenvalue weighted by Gasteiger charge is 2.36. The van der Waals surface area contributed by atoms with Gasteiger partial charge in [-0.25, -0.2) is 9.97 Å². The van der Waals surface area contributed by atoms with Gasteiger partial charge in [-0.2, -0.15) is 0 Å². The molecule has 8 nitrogen and oxygen atoms in total. The van der Waals surface area contributed by atoms with E-state index in [2.05, 4.69) is 20.6 Å². The first-order valence-electron chi connectivity index (χ1n) is 8.90. The molecule has 8 heteroatoms. The molecule has 1 aromatic heterocycles. The van der Waals surface area contributed by atoms with E-state index in [9.17, 15) is 9.90 Å². The van der Waals surface area contributed by atoms with Gasteiger partial charge in [-0.05, 0) is 24.1 Å². The molecule has 0 spiro atoms. The number of aliphatic hydroxyl groups excluding tert-OH is 1. The van der Waals surface area contributed by atoms with E-state index in [0.717, 1.165) is 11.3 Å². The molecule has 2 aliphatic rings. The maximum absolute atomic E-state index is 13.0. The van der Waals surface area contributed by atoms with Crippen LogP contribution in [0.25, 0.3) is 5.57 Å². The molecule has 2 unspecified atom stereocenters. The third-order valence-corrected chi connectivity index (χ3v) is 5.01. The van der Waals surface area contributed by atoms with Crippen LogP contribution in [0.5, 0.6) is 0 Å². The van der Waals surface area contributed by atoms with Crippen molar-refractivity contribution in [3.8, 4) is 0 Å². The smallest absolute Gasteiger partial charge is 0.259 e. The number of benzene rings is 1. The molecule has 0 aliphatic carbocycles. The van der Waals surface area contributed by atoms with Gasteiger partial charge >= 0.3 is 0 Å². The number of nitrogens with zero attached hydrogens (tertiary/aromatic N) is 3. The van der Waals surface area contributed by atoms with Crippen molar-refractivity contribution in [1.82, 2.24) is 14.9 Å². The number of amides is 1. The number of carbonyl (C=O) groups excluding carboxylic acids is 1. The summed E-state index contributed by atoms with van der Waals surface area (Å²) in [6, 6.07) is 9.75. The first kappa shape index (κ1) is 17.3. The van der Waals surface area contributed by atoms with Crippen molar-refractivity contribution in [1.29, 1.82) is 0 Å². The van der Waals surface area contributed by atoms with Gasteiger partial charge in [0.25, 0.3) is 5.91 Å². The van der Waals surface area contributed by atoms with Gasteiger partial charge in [0.1, 0.15) is 11.6 Å². The number of anilines is 3. The van der Waals surface area contributed by atoms with Crippen LogP contribution in [0.3, 0.4) is 0 Å². The lowest BCUT2D eigenvalue weighted by atomic mass is 9.96. The minimum absolute atomic E-state index is 0.0270. The van der Waals surface area contributed by atoms with Crippen molar-refractivity contribution in [2.24, 2.45) is 11.7 Å². The first-order valence-corrected chi connectivity index (χ1v) is 8.90. The Balaban J connectivity index is 1.85. The van der Waals surface area contributed by atoms with E-state index in [4.69, 9.17) is 5.73 Å². The van der Waals surface area contributed by atoms with Gasteiger partial charge in [-0.1, -0.05) is 12.1 Å². The second-order valence-corrected chi connectivity index (χ2v) is 6.86. The van der Waals surface area contributed by atoms with Crippen molar-refractivity contribution in [2.45, 2.75) is 12.5 Å². The number of carbonyl (C=O) groups is 1. The molecular weight excluding hydrogens is 344 g/mol. The van der Waals surface area contributed by atoms with Crippen molar-refractivity contribution in [3.63, 3.8) is 0 Å². The number of fused-ring (bicyclic) bond motifs is 6. The molecule has 0 radical (unpaired) electrons. The predicted octanol–water partition coefficient (Wildman–Crippen LogP) is 0.937. The molecule has 1 saturated heterocycles. The van der Waals surface area contributed by atoms with Crippen molar-refractivity contribution >= 4 is 28.8 Å². The minimum atomic E-state index is -0.576. The van der Waals surface area contributed by atoms with E-state index in [1.807, 2.05) is 24.3 Å². The fourth-order valence-corrected chi connectivity index (χ4v) is 3.62. The largest absolute Gasteiger partial charge is 0.404 e. The van der Waals surface area contributed by atoms with Crippen LogP contribution in [-0.2, 0) is 11.2 Å². The SMILES string of the molecule is CNc1cc2nc(n1)/C(=C\N)C(=O)N1CC(O)C(Cc3cccc(c3)N2)C1. The quantitative estimate of drug-likeness (QED) is 0.555. The zero-order chi connectivity index (χ0) is 19.0. The Morgan fingerprint density at radius 2 is 2.19 bits per heavy atom. The molecule has 6 bridgehead atoms. The van der Waals surface area contributed by atoms with E-state index < -0.39 is 6.10 Å². The monoisotopic (exact) mass is 366 g/mol. The Labute approximate surface area is 157 Å². The number of rotatable bonds is 1. The van der Waals surface area contributed by atoms with Crippen molar-refractivity contribution < 1.29 is 9.90 Å². The molecular formula is C19H22N6O2. The zero-order valence-electron chi connectivity index (χ0n) is 15.0. The summed E-state index contributed by atoms with van der Waals surface area (Å²) in [7, 11) is 1.75. The molecule has 1 aromatic carbocycles. The Bertz CT molecular complexity index is 913. The summed E-state index contributed by atoms with van der Waals surface area (Å²) in [6.07, 6.45) is 1.35. The Morgan fingerprint density at radius 1 is 1.33 bits per heavy atom. The number of nitrogens with two attached hydrogens (primary N) is 1. The molecule has 0 saturated carbocycles. The molecule has 2 aliphatic heterocycles. The van der Waals surface area contributed by atoms with E-state index in [0.29, 0.717) is 24.6 Å². The molecule has 140 valence electrons. The second-order valence-electron chi connectivity index (χ2n) is 6.86. The molecule has 1 amide bonds.